The van der Waals surface area contributed by atoms with Crippen LogP contribution >= 0.6 is 11.6 Å². The Balaban J connectivity index is 2.04. The van der Waals surface area contributed by atoms with E-state index in [0.717, 1.165) is 0 Å². The minimum atomic E-state index is -0.518. The van der Waals surface area contributed by atoms with E-state index in [0.29, 0.717) is 17.2 Å². The van der Waals surface area contributed by atoms with Gasteiger partial charge in [0.1, 0.15) is 11.6 Å². The fraction of sp³-hybridized carbons (Fsp3) is 0. The number of halogens is 2. The molecule has 0 spiro atoms. The maximum atomic E-state index is 13.1. The lowest BCUT2D eigenvalue weighted by Gasteiger charge is -2.08. The molecule has 0 saturated heterocycles. The number of nitrogens with two attached hydrogens (primary N) is 1. The molecule has 0 radical (unpaired) electrons. The Kier molecular flexibility index (Phi) is 3.13. The third-order valence-electron chi connectivity index (χ3n) is 2.60. The first-order valence-corrected chi connectivity index (χ1v) is 5.98. The molecule has 8 heteroatoms. The van der Waals surface area contributed by atoms with Gasteiger partial charge in [0, 0.05) is 18.5 Å². The van der Waals surface area contributed by atoms with Crippen LogP contribution in [-0.2, 0) is 0 Å². The molecule has 2 heterocycles. The number of hydrogen-bond acceptors (Lipinski definition) is 5. The van der Waals surface area contributed by atoms with E-state index in [1.54, 1.807) is 23.0 Å². The number of aromatic nitrogens is 3. The van der Waals surface area contributed by atoms with Crippen LogP contribution in [0.1, 0.15) is 0 Å². The largest absolute Gasteiger partial charge is 0.436 e. The van der Waals surface area contributed by atoms with Gasteiger partial charge in [-0.25, -0.2) is 15.2 Å². The number of imidazole rings is 1. The molecule has 6 nitrogen and oxygen atoms in total. The van der Waals surface area contributed by atoms with Crippen molar-refractivity contribution >= 4 is 23.1 Å². The first kappa shape index (κ1) is 12.6. The molecule has 2 aromatic heterocycles. The van der Waals surface area contributed by atoms with Crippen molar-refractivity contribution in [3.8, 4) is 11.6 Å². The van der Waals surface area contributed by atoms with Crippen molar-refractivity contribution in [2.45, 2.75) is 0 Å². The first-order valence-electron chi connectivity index (χ1n) is 5.60. The minimum absolute atomic E-state index is 0.0324. The molecule has 0 fully saturated rings. The molecule has 102 valence electrons. The summed E-state index contributed by atoms with van der Waals surface area (Å²) in [4.78, 5) is 8.29. The zero-order chi connectivity index (χ0) is 14.1. The summed E-state index contributed by atoms with van der Waals surface area (Å²) in [7, 11) is 0. The molecule has 0 atom stereocenters. The number of nitrogens with one attached hydrogen (secondary N) is 1. The smallest absolute Gasteiger partial charge is 0.265 e. The van der Waals surface area contributed by atoms with Crippen molar-refractivity contribution in [1.29, 1.82) is 0 Å². The molecule has 0 amide bonds. The molecule has 0 aliphatic rings. The van der Waals surface area contributed by atoms with Crippen molar-refractivity contribution < 1.29 is 9.13 Å². The minimum Gasteiger partial charge on any atom is -0.436 e. The van der Waals surface area contributed by atoms with E-state index in [1.807, 2.05) is 0 Å². The molecule has 0 aliphatic heterocycles. The standard InChI is InChI=1S/C12H9ClFN5O/c13-8-5-7(1-2-9(8)14)20-12-11-16-3-4-19(11)6-10(17-12)18-15/h1-6,18H,15H2. The number of rotatable bonds is 3. The van der Waals surface area contributed by atoms with Crippen LogP contribution in [0.2, 0.25) is 5.02 Å². The average Bonchev–Trinajstić information content (AvgIpc) is 2.91. The fourth-order valence-electron chi connectivity index (χ4n) is 1.69. The van der Waals surface area contributed by atoms with Crippen molar-refractivity contribution in [3.05, 3.63) is 47.6 Å². The number of nitrogens with zero attached hydrogens (tertiary/aromatic N) is 3. The Bertz CT molecular complexity index is 776. The quantitative estimate of drug-likeness (QED) is 0.573. The summed E-state index contributed by atoms with van der Waals surface area (Å²) in [5.41, 5.74) is 2.93. The first-order chi connectivity index (χ1) is 9.67. The van der Waals surface area contributed by atoms with Crippen molar-refractivity contribution in [2.24, 2.45) is 5.84 Å². The van der Waals surface area contributed by atoms with E-state index >= 15 is 0 Å². The van der Waals surface area contributed by atoms with E-state index in [2.05, 4.69) is 15.4 Å². The van der Waals surface area contributed by atoms with Gasteiger partial charge in [-0.15, -0.1) is 0 Å². The summed E-state index contributed by atoms with van der Waals surface area (Å²) in [6.45, 7) is 0. The van der Waals surface area contributed by atoms with Crippen molar-refractivity contribution in [1.82, 2.24) is 14.4 Å². The van der Waals surface area contributed by atoms with Crippen LogP contribution in [0, 0.1) is 5.82 Å². The highest BCUT2D eigenvalue weighted by Crippen LogP contribution is 2.27. The monoisotopic (exact) mass is 293 g/mol. The highest BCUT2D eigenvalue weighted by molar-refractivity contribution is 6.30. The highest BCUT2D eigenvalue weighted by Gasteiger charge is 2.10. The number of hydrogen-bond donors (Lipinski definition) is 2. The van der Waals surface area contributed by atoms with E-state index in [1.165, 1.54) is 18.2 Å². The number of benzene rings is 1. The Labute approximate surface area is 117 Å². The number of nitrogen functional groups attached to an aromatic ring is 1. The zero-order valence-corrected chi connectivity index (χ0v) is 10.8. The maximum Gasteiger partial charge on any atom is 0.265 e. The van der Waals surface area contributed by atoms with Crippen LogP contribution in [-0.4, -0.2) is 14.4 Å². The van der Waals surface area contributed by atoms with Gasteiger partial charge in [0.2, 0.25) is 5.65 Å². The van der Waals surface area contributed by atoms with E-state index in [-0.39, 0.29) is 10.9 Å². The van der Waals surface area contributed by atoms with Gasteiger partial charge < -0.3 is 10.2 Å². The van der Waals surface area contributed by atoms with Crippen molar-refractivity contribution in [2.75, 3.05) is 5.43 Å². The Morgan fingerprint density at radius 2 is 2.25 bits per heavy atom. The predicted octanol–water partition coefficient (Wildman–Crippen LogP) is 2.60. The summed E-state index contributed by atoms with van der Waals surface area (Å²) in [6.07, 6.45) is 4.98. The van der Waals surface area contributed by atoms with Gasteiger partial charge in [-0.1, -0.05) is 11.6 Å². The third kappa shape index (κ3) is 2.24. The summed E-state index contributed by atoms with van der Waals surface area (Å²) in [5, 5.41) is -0.0324. The third-order valence-corrected chi connectivity index (χ3v) is 2.89. The molecule has 3 aromatic rings. The summed E-state index contributed by atoms with van der Waals surface area (Å²) in [5.74, 6) is 5.81. The molecule has 20 heavy (non-hydrogen) atoms. The topological polar surface area (TPSA) is 77.5 Å². The lowest BCUT2D eigenvalue weighted by atomic mass is 10.3. The average molecular weight is 294 g/mol. The van der Waals surface area contributed by atoms with E-state index < -0.39 is 5.82 Å². The molecular formula is C12H9ClFN5O. The Morgan fingerprint density at radius 1 is 1.40 bits per heavy atom. The highest BCUT2D eigenvalue weighted by atomic mass is 35.5. The SMILES string of the molecule is NNc1cn2ccnc2c(Oc2ccc(F)c(Cl)c2)n1. The molecule has 0 aliphatic carbocycles. The van der Waals surface area contributed by atoms with Crippen LogP contribution in [0.15, 0.2) is 36.8 Å². The van der Waals surface area contributed by atoms with Crippen LogP contribution in [0.5, 0.6) is 11.6 Å². The number of hydrazine groups is 1. The van der Waals surface area contributed by atoms with E-state index in [9.17, 15) is 4.39 Å². The molecular weight excluding hydrogens is 285 g/mol. The second-order valence-corrected chi connectivity index (χ2v) is 4.32. The second kappa shape index (κ2) is 4.95. The van der Waals surface area contributed by atoms with Gasteiger partial charge in [0.15, 0.2) is 5.82 Å². The van der Waals surface area contributed by atoms with Gasteiger partial charge in [-0.2, -0.15) is 4.98 Å². The number of anilines is 1. The molecule has 0 saturated carbocycles. The van der Waals surface area contributed by atoms with Crippen molar-refractivity contribution in [3.63, 3.8) is 0 Å². The van der Waals surface area contributed by atoms with Crippen LogP contribution in [0.3, 0.4) is 0 Å². The number of ether oxygens (including phenoxy) is 1. The molecule has 0 bridgehead atoms. The summed E-state index contributed by atoms with van der Waals surface area (Å²) in [6, 6.07) is 4.02. The van der Waals surface area contributed by atoms with Crippen LogP contribution in [0.4, 0.5) is 10.2 Å². The van der Waals surface area contributed by atoms with Crippen LogP contribution < -0.4 is 16.0 Å². The molecule has 1 aromatic carbocycles. The van der Waals surface area contributed by atoms with Gasteiger partial charge >= 0.3 is 0 Å². The maximum absolute atomic E-state index is 13.1. The predicted molar refractivity (Wildman–Crippen MR) is 72.3 cm³/mol. The molecule has 3 rings (SSSR count). The Hall–Kier alpha value is -2.38. The second-order valence-electron chi connectivity index (χ2n) is 3.91. The fourth-order valence-corrected chi connectivity index (χ4v) is 1.86. The normalized spacial score (nSPS) is 10.8. The lowest BCUT2D eigenvalue weighted by molar-refractivity contribution is 0.464. The zero-order valence-electron chi connectivity index (χ0n) is 10.0. The van der Waals surface area contributed by atoms with E-state index in [4.69, 9.17) is 22.2 Å². The van der Waals surface area contributed by atoms with Gasteiger partial charge in [-0.3, -0.25) is 4.40 Å². The van der Waals surface area contributed by atoms with Gasteiger partial charge in [0.05, 0.1) is 11.2 Å². The lowest BCUT2D eigenvalue weighted by Crippen LogP contribution is -2.10. The van der Waals surface area contributed by atoms with Gasteiger partial charge in [-0.05, 0) is 12.1 Å². The summed E-state index contributed by atoms with van der Waals surface area (Å²) >= 11 is 5.71. The molecule has 3 N–H and O–H groups in total. The Morgan fingerprint density at radius 3 is 3.00 bits per heavy atom. The summed E-state index contributed by atoms with van der Waals surface area (Å²) < 4.78 is 20.4. The molecule has 0 unspecified atom stereocenters. The number of fused-ring (bicyclic) bond motifs is 1. The van der Waals surface area contributed by atoms with Crippen LogP contribution in [0.25, 0.3) is 5.65 Å². The van der Waals surface area contributed by atoms with Gasteiger partial charge in [0.25, 0.3) is 5.88 Å².